The second-order valence-corrected chi connectivity index (χ2v) is 7.28. The lowest BCUT2D eigenvalue weighted by atomic mass is 10.0. The van der Waals surface area contributed by atoms with E-state index in [1.54, 1.807) is 0 Å². The maximum Gasteiger partial charge on any atom is 0.321 e. The predicted octanol–water partition coefficient (Wildman–Crippen LogP) is 3.21. The maximum absolute atomic E-state index is 12.9. The number of rotatable bonds is 8. The number of carbonyl (C=O) groups excluding carboxylic acids is 2. The number of hydrogen-bond donors (Lipinski definition) is 2. The van der Waals surface area contributed by atoms with Crippen LogP contribution in [0.15, 0.2) is 52.3 Å². The van der Waals surface area contributed by atoms with Gasteiger partial charge in [-0.1, -0.05) is 43.3 Å². The van der Waals surface area contributed by atoms with Gasteiger partial charge < -0.3 is 9.73 Å². The smallest absolute Gasteiger partial charge is 0.321 e. The van der Waals surface area contributed by atoms with Crippen LogP contribution in [0.3, 0.4) is 0 Å². The molecular formula is C20H23N5O3S. The Balaban J connectivity index is 1.87. The minimum absolute atomic E-state index is 0.285. The van der Waals surface area contributed by atoms with Crippen LogP contribution in [0.5, 0.6) is 0 Å². The van der Waals surface area contributed by atoms with E-state index in [9.17, 15) is 9.59 Å². The number of aromatic nitrogens is 2. The van der Waals surface area contributed by atoms with Gasteiger partial charge in [0.15, 0.2) is 0 Å². The summed E-state index contributed by atoms with van der Waals surface area (Å²) in [5, 5.41) is 15.0. The minimum Gasteiger partial charge on any atom is -0.419 e. The van der Waals surface area contributed by atoms with E-state index in [-0.39, 0.29) is 6.54 Å². The van der Waals surface area contributed by atoms with E-state index in [0.717, 1.165) is 16.9 Å². The molecule has 0 aliphatic carbocycles. The second-order valence-electron chi connectivity index (χ2n) is 6.33. The lowest BCUT2D eigenvalue weighted by molar-refractivity contribution is -0.126. The molecule has 3 aromatic rings. The number of benzene rings is 1. The van der Waals surface area contributed by atoms with Crippen molar-refractivity contribution in [2.24, 2.45) is 0 Å². The molecule has 0 aliphatic heterocycles. The summed E-state index contributed by atoms with van der Waals surface area (Å²) < 4.78 is 5.81. The summed E-state index contributed by atoms with van der Waals surface area (Å²) in [5.74, 6) is 0.454. The molecular weight excluding hydrogens is 390 g/mol. The Bertz CT molecular complexity index is 927. The van der Waals surface area contributed by atoms with Gasteiger partial charge in [0.05, 0.1) is 11.4 Å². The molecule has 0 spiro atoms. The monoisotopic (exact) mass is 413 g/mol. The van der Waals surface area contributed by atoms with Crippen molar-refractivity contribution in [3.8, 4) is 10.8 Å². The molecule has 29 heavy (non-hydrogen) atoms. The highest BCUT2D eigenvalue weighted by atomic mass is 32.1. The first-order valence-corrected chi connectivity index (χ1v) is 10.2. The molecule has 2 N–H and O–H groups in total. The Hall–Kier alpha value is -3.04. The van der Waals surface area contributed by atoms with Gasteiger partial charge in [0.25, 0.3) is 5.89 Å². The fourth-order valence-corrected chi connectivity index (χ4v) is 3.63. The van der Waals surface area contributed by atoms with Crippen LogP contribution in [0, 0.1) is 0 Å². The van der Waals surface area contributed by atoms with Gasteiger partial charge in [-0.05, 0) is 30.0 Å². The molecule has 3 amide bonds. The highest BCUT2D eigenvalue weighted by molar-refractivity contribution is 7.13. The van der Waals surface area contributed by atoms with E-state index in [1.807, 2.05) is 59.7 Å². The number of imide groups is 1. The molecule has 0 aliphatic rings. The van der Waals surface area contributed by atoms with Crippen LogP contribution >= 0.6 is 11.3 Å². The van der Waals surface area contributed by atoms with E-state index in [4.69, 9.17) is 4.42 Å². The number of nitrogens with zero attached hydrogens (tertiary/aromatic N) is 3. The predicted molar refractivity (Wildman–Crippen MR) is 110 cm³/mol. The average Bonchev–Trinajstić information content (AvgIpc) is 3.41. The molecule has 0 radical (unpaired) electrons. The topological polar surface area (TPSA) is 100 Å². The van der Waals surface area contributed by atoms with E-state index in [1.165, 1.54) is 18.4 Å². The van der Waals surface area contributed by atoms with Gasteiger partial charge in [0.2, 0.25) is 11.8 Å². The normalized spacial score (nSPS) is 12.0. The lowest BCUT2D eigenvalue weighted by Gasteiger charge is -2.29. The van der Waals surface area contributed by atoms with Gasteiger partial charge in [0.1, 0.15) is 6.04 Å². The zero-order chi connectivity index (χ0) is 20.6. The summed E-state index contributed by atoms with van der Waals surface area (Å²) in [5.41, 5.74) is 0.778. The molecule has 0 fully saturated rings. The zero-order valence-corrected chi connectivity index (χ0v) is 17.1. The Labute approximate surface area is 172 Å². The first kappa shape index (κ1) is 20.7. The Morgan fingerprint density at radius 1 is 1.17 bits per heavy atom. The van der Waals surface area contributed by atoms with E-state index < -0.39 is 18.0 Å². The zero-order valence-electron chi connectivity index (χ0n) is 16.3. The Kier molecular flexibility index (Phi) is 7.09. The highest BCUT2D eigenvalue weighted by Gasteiger charge is 2.29. The van der Waals surface area contributed by atoms with E-state index in [2.05, 4.69) is 20.8 Å². The molecule has 8 nitrogen and oxygen atoms in total. The van der Waals surface area contributed by atoms with Crippen LogP contribution < -0.4 is 10.6 Å². The van der Waals surface area contributed by atoms with Gasteiger partial charge >= 0.3 is 6.03 Å². The number of hydrogen-bond acceptors (Lipinski definition) is 7. The van der Waals surface area contributed by atoms with Crippen molar-refractivity contribution < 1.29 is 14.0 Å². The van der Waals surface area contributed by atoms with Crippen LogP contribution in [0.4, 0.5) is 4.79 Å². The highest BCUT2D eigenvalue weighted by Crippen LogP contribution is 2.26. The standard InChI is InChI=1S/C20H23N5O3S/c1-3-11-25(13-16-23-24-19(28-16)15-10-7-12-29-15)17(14-8-5-4-6-9-14)18(26)22-20(27)21-2/h4-10,12,17H,3,11,13H2,1-2H3,(H2,21,22,26,27)/t17-/m1/s1. The quantitative estimate of drug-likeness (QED) is 0.588. The molecule has 2 heterocycles. The molecule has 0 saturated heterocycles. The summed E-state index contributed by atoms with van der Waals surface area (Å²) in [6, 6.07) is 11.9. The molecule has 1 aromatic carbocycles. The molecule has 9 heteroatoms. The molecule has 0 bridgehead atoms. The molecule has 152 valence electrons. The van der Waals surface area contributed by atoms with Crippen molar-refractivity contribution in [2.75, 3.05) is 13.6 Å². The van der Waals surface area contributed by atoms with Crippen molar-refractivity contribution in [1.82, 2.24) is 25.7 Å². The van der Waals surface area contributed by atoms with Crippen molar-refractivity contribution in [3.05, 3.63) is 59.3 Å². The van der Waals surface area contributed by atoms with Crippen molar-refractivity contribution in [1.29, 1.82) is 0 Å². The molecule has 2 aromatic heterocycles. The maximum atomic E-state index is 12.9. The number of nitrogens with one attached hydrogen (secondary N) is 2. The van der Waals surface area contributed by atoms with Gasteiger partial charge in [-0.15, -0.1) is 21.5 Å². The lowest BCUT2D eigenvalue weighted by Crippen LogP contribution is -2.45. The fraction of sp³-hybridized carbons (Fsp3) is 0.300. The summed E-state index contributed by atoms with van der Waals surface area (Å²) in [7, 11) is 1.47. The Morgan fingerprint density at radius 2 is 1.97 bits per heavy atom. The number of carbonyl (C=O) groups is 2. The summed E-state index contributed by atoms with van der Waals surface area (Å²) in [6.07, 6.45) is 0.808. The third kappa shape index (κ3) is 5.27. The van der Waals surface area contributed by atoms with Crippen LogP contribution in [-0.4, -0.2) is 40.6 Å². The van der Waals surface area contributed by atoms with Crippen molar-refractivity contribution in [3.63, 3.8) is 0 Å². The van der Waals surface area contributed by atoms with Gasteiger partial charge in [-0.3, -0.25) is 15.0 Å². The third-order valence-corrected chi connectivity index (χ3v) is 5.10. The first-order valence-electron chi connectivity index (χ1n) is 9.30. The number of thiophene rings is 1. The Morgan fingerprint density at radius 3 is 2.62 bits per heavy atom. The van der Waals surface area contributed by atoms with Gasteiger partial charge in [0, 0.05) is 7.05 Å². The summed E-state index contributed by atoms with van der Waals surface area (Å²) in [6.45, 7) is 2.92. The molecule has 3 rings (SSSR count). The molecule has 0 saturated carbocycles. The molecule has 1 atom stereocenters. The largest absolute Gasteiger partial charge is 0.419 e. The minimum atomic E-state index is -0.675. The fourth-order valence-electron chi connectivity index (χ4n) is 2.98. The van der Waals surface area contributed by atoms with Crippen LogP contribution in [-0.2, 0) is 11.3 Å². The van der Waals surface area contributed by atoms with Gasteiger partial charge in [-0.2, -0.15) is 0 Å². The van der Waals surface area contributed by atoms with Crippen molar-refractivity contribution in [2.45, 2.75) is 25.9 Å². The third-order valence-electron chi connectivity index (χ3n) is 4.24. The van der Waals surface area contributed by atoms with Crippen LogP contribution in [0.1, 0.15) is 30.8 Å². The number of amides is 3. The molecule has 0 unspecified atom stereocenters. The van der Waals surface area contributed by atoms with E-state index in [0.29, 0.717) is 18.3 Å². The summed E-state index contributed by atoms with van der Waals surface area (Å²) >= 11 is 1.52. The average molecular weight is 414 g/mol. The SMILES string of the molecule is CCCN(Cc1nnc(-c2cccs2)o1)[C@@H](C(=O)NC(=O)NC)c1ccccc1. The second kappa shape index (κ2) is 9.94. The van der Waals surface area contributed by atoms with E-state index >= 15 is 0 Å². The van der Waals surface area contributed by atoms with Crippen molar-refractivity contribution >= 4 is 23.3 Å². The summed E-state index contributed by atoms with van der Waals surface area (Å²) in [4.78, 5) is 27.5. The van der Waals surface area contributed by atoms with Crippen LogP contribution in [0.2, 0.25) is 0 Å². The first-order chi connectivity index (χ1) is 14.1. The van der Waals surface area contributed by atoms with Gasteiger partial charge in [-0.25, -0.2) is 4.79 Å². The number of urea groups is 1. The van der Waals surface area contributed by atoms with Crippen LogP contribution in [0.25, 0.3) is 10.8 Å².